The molecule has 18 heteroatoms. The second-order valence-corrected chi connectivity index (χ2v) is 17.8. The number of hydrogen-bond donors (Lipinski definition) is 3. The van der Waals surface area contributed by atoms with Gasteiger partial charge in [0.1, 0.15) is 41.5 Å². The number of thiazole rings is 1. The van der Waals surface area contributed by atoms with Crippen LogP contribution in [0.3, 0.4) is 0 Å². The van der Waals surface area contributed by atoms with E-state index in [4.69, 9.17) is 9.47 Å². The van der Waals surface area contributed by atoms with Crippen molar-refractivity contribution in [2.75, 3.05) is 25.1 Å². The first-order chi connectivity index (χ1) is 32.7. The number of unbranched alkanes of at least 4 members (excludes halogenated alkanes) is 1. The summed E-state index contributed by atoms with van der Waals surface area (Å²) in [5.74, 6) is 0.0760. The highest BCUT2D eigenvalue weighted by Crippen LogP contribution is 2.34. The van der Waals surface area contributed by atoms with Gasteiger partial charge in [0, 0.05) is 54.5 Å². The number of ether oxygens (including phenoxy) is 3. The molecule has 2 aliphatic rings. The number of β-amino-alcohol motifs (C(OH)–C–C–N with tert-alkyl or cyclic N) is 1. The van der Waals surface area contributed by atoms with E-state index in [0.29, 0.717) is 66.9 Å². The molecular formula is C50H50F3N7O7S. The van der Waals surface area contributed by atoms with Crippen LogP contribution in [0.4, 0.5) is 24.7 Å². The number of aromatic nitrogens is 3. The van der Waals surface area contributed by atoms with Crippen LogP contribution in [0.1, 0.15) is 60.3 Å². The molecule has 3 N–H and O–H groups in total. The number of aliphatic hydroxyl groups is 1. The Morgan fingerprint density at radius 3 is 2.41 bits per heavy atom. The first-order valence-electron chi connectivity index (χ1n) is 22.2. The van der Waals surface area contributed by atoms with Gasteiger partial charge >= 0.3 is 6.36 Å². The summed E-state index contributed by atoms with van der Waals surface area (Å²) in [7, 11) is 0. The molecule has 2 aliphatic heterocycles. The quantitative estimate of drug-likeness (QED) is 0.0705. The summed E-state index contributed by atoms with van der Waals surface area (Å²) in [6.45, 7) is 6.83. The van der Waals surface area contributed by atoms with E-state index in [9.17, 15) is 32.7 Å². The summed E-state index contributed by atoms with van der Waals surface area (Å²) in [5, 5.41) is 16.9. The van der Waals surface area contributed by atoms with Crippen molar-refractivity contribution < 1.29 is 46.9 Å². The fourth-order valence-corrected chi connectivity index (χ4v) is 9.23. The van der Waals surface area contributed by atoms with Crippen LogP contribution < -0.4 is 24.8 Å². The van der Waals surface area contributed by atoms with Crippen molar-refractivity contribution >= 4 is 40.6 Å². The van der Waals surface area contributed by atoms with Gasteiger partial charge in [-0.15, -0.1) is 24.5 Å². The monoisotopic (exact) mass is 949 g/mol. The van der Waals surface area contributed by atoms with E-state index >= 15 is 0 Å². The van der Waals surface area contributed by atoms with Gasteiger partial charge in [-0.1, -0.05) is 44.2 Å². The Kier molecular flexibility index (Phi) is 14.5. The zero-order valence-corrected chi connectivity index (χ0v) is 38.3. The minimum absolute atomic E-state index is 0.0186. The van der Waals surface area contributed by atoms with Gasteiger partial charge in [-0.3, -0.25) is 14.4 Å². The van der Waals surface area contributed by atoms with Crippen molar-refractivity contribution in [2.45, 2.75) is 77.7 Å². The van der Waals surface area contributed by atoms with Crippen molar-refractivity contribution in [3.8, 4) is 38.9 Å². The first-order valence-corrected chi connectivity index (χ1v) is 23.1. The average Bonchev–Trinajstić information content (AvgIpc) is 4.03. The van der Waals surface area contributed by atoms with Crippen LogP contribution in [0.25, 0.3) is 21.7 Å². The zero-order valence-electron chi connectivity index (χ0n) is 37.5. The molecule has 68 heavy (non-hydrogen) atoms. The van der Waals surface area contributed by atoms with E-state index in [0.717, 1.165) is 32.8 Å². The van der Waals surface area contributed by atoms with Gasteiger partial charge in [-0.05, 0) is 97.5 Å². The maximum atomic E-state index is 14.3. The van der Waals surface area contributed by atoms with Crippen LogP contribution in [0.2, 0.25) is 0 Å². The lowest BCUT2D eigenvalue weighted by molar-refractivity contribution is -0.274. The average molecular weight is 950 g/mol. The fourth-order valence-electron chi connectivity index (χ4n) is 8.43. The topological polar surface area (TPSA) is 168 Å². The Morgan fingerprint density at radius 2 is 1.68 bits per heavy atom. The van der Waals surface area contributed by atoms with Gasteiger partial charge in [0.2, 0.25) is 11.8 Å². The minimum Gasteiger partial charge on any atom is -0.494 e. The highest BCUT2D eigenvalue weighted by atomic mass is 32.1. The van der Waals surface area contributed by atoms with E-state index in [1.54, 1.807) is 28.6 Å². The van der Waals surface area contributed by atoms with Gasteiger partial charge < -0.3 is 39.8 Å². The van der Waals surface area contributed by atoms with E-state index in [1.807, 2.05) is 75.4 Å². The maximum Gasteiger partial charge on any atom is 0.573 e. The lowest BCUT2D eigenvalue weighted by Gasteiger charge is -2.35. The van der Waals surface area contributed by atoms with Crippen LogP contribution in [0, 0.1) is 12.8 Å². The molecule has 3 atom stereocenters. The molecule has 0 aliphatic carbocycles. The molecule has 354 valence electrons. The predicted molar refractivity (Wildman–Crippen MR) is 249 cm³/mol. The molecule has 4 aromatic carbocycles. The largest absolute Gasteiger partial charge is 0.573 e. The molecule has 1 unspecified atom stereocenters. The van der Waals surface area contributed by atoms with Crippen LogP contribution in [-0.4, -0.2) is 91.9 Å². The Bertz CT molecular complexity index is 2750. The van der Waals surface area contributed by atoms with Crippen LogP contribution in [0.15, 0.2) is 109 Å². The number of aryl methyl sites for hydroxylation is 1. The van der Waals surface area contributed by atoms with Gasteiger partial charge in [0.15, 0.2) is 0 Å². The number of rotatable bonds is 18. The molecule has 0 bridgehead atoms. The van der Waals surface area contributed by atoms with Crippen LogP contribution in [0.5, 0.6) is 17.2 Å². The minimum atomic E-state index is -4.78. The molecular weight excluding hydrogens is 900 g/mol. The van der Waals surface area contributed by atoms with Crippen LogP contribution >= 0.6 is 11.3 Å². The number of nitrogens with zero attached hydrogens (tertiary/aromatic N) is 5. The van der Waals surface area contributed by atoms with Crippen molar-refractivity contribution in [3.05, 3.63) is 131 Å². The summed E-state index contributed by atoms with van der Waals surface area (Å²) in [4.78, 5) is 58.8. The van der Waals surface area contributed by atoms with Gasteiger partial charge in [-0.2, -0.15) is 0 Å². The maximum absolute atomic E-state index is 14.3. The Labute approximate surface area is 395 Å². The third-order valence-corrected chi connectivity index (χ3v) is 12.7. The number of amides is 3. The molecule has 14 nitrogen and oxygen atoms in total. The van der Waals surface area contributed by atoms with Crippen molar-refractivity contribution in [1.82, 2.24) is 30.1 Å². The molecule has 1 fully saturated rings. The van der Waals surface area contributed by atoms with E-state index < -0.39 is 30.5 Å². The van der Waals surface area contributed by atoms with Gasteiger partial charge in [0.05, 0.1) is 41.1 Å². The zero-order chi connectivity index (χ0) is 48.0. The number of nitrogens with one attached hydrogen (secondary N) is 2. The second kappa shape index (κ2) is 20.9. The number of likely N-dealkylation sites (tertiary alicyclic amines) is 1. The molecule has 0 spiro atoms. The molecule has 2 aromatic heterocycles. The van der Waals surface area contributed by atoms with Gasteiger partial charge in [0.25, 0.3) is 5.91 Å². The summed E-state index contributed by atoms with van der Waals surface area (Å²) < 4.78 is 54.0. The Hall–Kier alpha value is -7.05. The highest BCUT2D eigenvalue weighted by molar-refractivity contribution is 7.13. The molecule has 4 heterocycles. The third kappa shape index (κ3) is 11.4. The number of carbonyl (C=O) groups is 3. The van der Waals surface area contributed by atoms with E-state index in [-0.39, 0.29) is 43.0 Å². The van der Waals surface area contributed by atoms with Crippen LogP contribution in [-0.2, 0) is 22.7 Å². The van der Waals surface area contributed by atoms with E-state index in [2.05, 4.69) is 30.3 Å². The predicted octanol–water partition coefficient (Wildman–Crippen LogP) is 8.71. The van der Waals surface area contributed by atoms with Crippen molar-refractivity contribution in [2.24, 2.45) is 5.92 Å². The number of carbonyl (C=O) groups excluding carboxylic acids is 3. The van der Waals surface area contributed by atoms with Crippen molar-refractivity contribution in [3.63, 3.8) is 0 Å². The number of hydrogen-bond acceptors (Lipinski definition) is 12. The summed E-state index contributed by atoms with van der Waals surface area (Å²) >= 11 is 1.51. The number of anilines is 2. The highest BCUT2D eigenvalue weighted by Gasteiger charge is 2.46. The molecule has 1 saturated heterocycles. The smallest absolute Gasteiger partial charge is 0.494 e. The first kappa shape index (κ1) is 47.4. The Morgan fingerprint density at radius 1 is 0.897 bits per heavy atom. The Balaban J connectivity index is 0.863. The normalized spacial score (nSPS) is 16.1. The second-order valence-electron chi connectivity index (χ2n) is 16.9. The van der Waals surface area contributed by atoms with E-state index in [1.165, 1.54) is 46.8 Å². The molecule has 3 amide bonds. The summed E-state index contributed by atoms with van der Waals surface area (Å²) in [5.41, 5.74) is 7.61. The SMILES string of the molecule is Cc1ncsc1-c1ccc(OCCCCOc2cccc(-c3cc(Nc4ccc(OC(F)(F)F)cc4)ncn3)c2)c(CNC(=O)[C@@H]2C[C@@H](O)CN2C(=O)C(C(C)C)N2Cc3ccccc3C2=O)c1. The lowest BCUT2D eigenvalue weighted by atomic mass is 10.0. The molecule has 6 aromatic rings. The lowest BCUT2D eigenvalue weighted by Crippen LogP contribution is -2.55. The molecule has 8 rings (SSSR count). The third-order valence-electron chi connectivity index (χ3n) is 11.7. The van der Waals surface area contributed by atoms with Gasteiger partial charge in [-0.25, -0.2) is 15.0 Å². The number of aliphatic hydroxyl groups excluding tert-OH is 1. The number of halogens is 3. The molecule has 0 radical (unpaired) electrons. The number of benzene rings is 4. The summed E-state index contributed by atoms with van der Waals surface area (Å²) in [6, 6.07) is 25.8. The standard InChI is InChI=1S/C50H50F3N7O7S/c1-30(2)45(60-26-34-9-4-5-12-40(34)48(60)63)49(64)59-27-37(61)23-42(59)47(62)54-25-35-21-33(46-31(3)57-29-68-46)13-18-43(35)66-20-7-6-19-65-39-11-8-10-32(22-39)41-24-44(56-28-55-41)58-36-14-16-38(17-15-36)67-50(51,52)53/h4-5,8-18,21-22,24,28-30,37,42,45,61H,6-7,19-20,23,25-27H2,1-3H3,(H,54,62)(H,55,56,58)/t37-,42+,45?/m1/s1. The number of fused-ring (bicyclic) bond motifs is 1. The summed E-state index contributed by atoms with van der Waals surface area (Å²) in [6.07, 6.45) is -2.90. The van der Waals surface area contributed by atoms with Crippen molar-refractivity contribution in [1.29, 1.82) is 0 Å². The number of alkyl halides is 3. The molecule has 0 saturated carbocycles. The fraction of sp³-hybridized carbons (Fsp3) is 0.320.